The van der Waals surface area contributed by atoms with E-state index in [1.807, 2.05) is 37.3 Å². The number of benzene rings is 1. The van der Waals surface area contributed by atoms with Gasteiger partial charge in [-0.15, -0.1) is 0 Å². The molecule has 0 aliphatic rings. The van der Waals surface area contributed by atoms with E-state index in [1.54, 1.807) is 27.7 Å². The van der Waals surface area contributed by atoms with Crippen LogP contribution >= 0.6 is 11.6 Å². The topological polar surface area (TPSA) is 64.7 Å². The molecule has 7 heteroatoms. The van der Waals surface area contributed by atoms with Crippen molar-refractivity contribution < 1.29 is 4.79 Å². The maximum atomic E-state index is 12.3. The van der Waals surface area contributed by atoms with E-state index in [4.69, 9.17) is 11.6 Å². The summed E-state index contributed by atoms with van der Waals surface area (Å²) in [6, 6.07) is 11.8. The average molecular weight is 384 g/mol. The van der Waals surface area contributed by atoms with Crippen LogP contribution in [0.1, 0.15) is 30.2 Å². The second-order valence-electron chi connectivity index (χ2n) is 6.20. The van der Waals surface area contributed by atoms with Crippen molar-refractivity contribution in [3.63, 3.8) is 0 Å². The van der Waals surface area contributed by atoms with Crippen LogP contribution in [-0.2, 0) is 17.9 Å². The van der Waals surface area contributed by atoms with Gasteiger partial charge in [0.05, 0.1) is 18.4 Å². The quantitative estimate of drug-likeness (QED) is 0.623. The molecule has 1 amide bonds. The number of aromatic nitrogens is 4. The Bertz CT molecular complexity index is 943. The summed E-state index contributed by atoms with van der Waals surface area (Å²) in [6.45, 7) is 5.27. The van der Waals surface area contributed by atoms with Crippen LogP contribution in [0.3, 0.4) is 0 Å². The number of carbonyl (C=O) groups is 1. The van der Waals surface area contributed by atoms with E-state index in [1.165, 1.54) is 6.08 Å². The highest BCUT2D eigenvalue weighted by atomic mass is 35.5. The lowest BCUT2D eigenvalue weighted by Crippen LogP contribution is -2.13. The normalized spacial score (nSPS) is 11.2. The monoisotopic (exact) mass is 383 g/mol. The molecule has 1 aromatic carbocycles. The maximum Gasteiger partial charge on any atom is 0.249 e. The van der Waals surface area contributed by atoms with Crippen LogP contribution in [0, 0.1) is 6.92 Å². The van der Waals surface area contributed by atoms with Crippen molar-refractivity contribution in [3.05, 3.63) is 70.6 Å². The van der Waals surface area contributed by atoms with E-state index in [0.29, 0.717) is 17.5 Å². The highest BCUT2D eigenvalue weighted by Crippen LogP contribution is 2.22. The van der Waals surface area contributed by atoms with Crippen LogP contribution in [-0.4, -0.2) is 25.5 Å². The number of amides is 1. The van der Waals surface area contributed by atoms with Gasteiger partial charge < -0.3 is 5.32 Å². The van der Waals surface area contributed by atoms with Gasteiger partial charge in [-0.05, 0) is 25.0 Å². The summed E-state index contributed by atoms with van der Waals surface area (Å²) in [5.74, 6) is 0.438. The molecule has 0 saturated heterocycles. The molecular formula is C20H22ClN5O. The van der Waals surface area contributed by atoms with Crippen molar-refractivity contribution in [2.24, 2.45) is 0 Å². The molecule has 140 valence electrons. The lowest BCUT2D eigenvalue weighted by atomic mass is 10.2. The van der Waals surface area contributed by atoms with Crippen molar-refractivity contribution >= 4 is 29.4 Å². The molecule has 0 saturated carbocycles. The van der Waals surface area contributed by atoms with Crippen molar-refractivity contribution in [1.29, 1.82) is 0 Å². The first-order valence-corrected chi connectivity index (χ1v) is 9.24. The number of halogens is 1. The Balaban J connectivity index is 1.71. The minimum absolute atomic E-state index is 0.237. The average Bonchev–Trinajstić information content (AvgIpc) is 3.19. The van der Waals surface area contributed by atoms with Gasteiger partial charge in [0.1, 0.15) is 11.0 Å². The Morgan fingerprint density at radius 3 is 2.74 bits per heavy atom. The fraction of sp³-hybridized carbons (Fsp3) is 0.250. The molecule has 2 heterocycles. The van der Waals surface area contributed by atoms with Crippen LogP contribution in [0.25, 0.3) is 6.08 Å². The second-order valence-corrected chi connectivity index (χ2v) is 6.55. The summed E-state index contributed by atoms with van der Waals surface area (Å²) in [7, 11) is 0. The summed E-state index contributed by atoms with van der Waals surface area (Å²) in [4.78, 5) is 12.3. The Kier molecular flexibility index (Phi) is 6.08. The number of nitrogens with one attached hydrogen (secondary N) is 1. The molecule has 0 atom stereocenters. The Hall–Kier alpha value is -2.86. The molecule has 2 aromatic heterocycles. The fourth-order valence-electron chi connectivity index (χ4n) is 2.77. The fourth-order valence-corrected chi connectivity index (χ4v) is 3.07. The lowest BCUT2D eigenvalue weighted by Gasteiger charge is -2.05. The molecule has 3 aromatic rings. The first-order valence-electron chi connectivity index (χ1n) is 8.86. The zero-order valence-corrected chi connectivity index (χ0v) is 16.1. The number of hydrogen-bond donors (Lipinski definition) is 1. The van der Waals surface area contributed by atoms with Crippen molar-refractivity contribution in [2.75, 3.05) is 5.32 Å². The summed E-state index contributed by atoms with van der Waals surface area (Å²) < 4.78 is 3.50. The number of aryl methyl sites for hydroxylation is 2. The summed E-state index contributed by atoms with van der Waals surface area (Å²) >= 11 is 6.48. The minimum Gasteiger partial charge on any atom is -0.307 e. The number of rotatable bonds is 7. The second kappa shape index (κ2) is 8.68. The van der Waals surface area contributed by atoms with Crippen LogP contribution < -0.4 is 5.32 Å². The molecule has 0 aliphatic carbocycles. The van der Waals surface area contributed by atoms with Crippen molar-refractivity contribution in [3.8, 4) is 0 Å². The zero-order valence-electron chi connectivity index (χ0n) is 15.4. The van der Waals surface area contributed by atoms with E-state index < -0.39 is 0 Å². The molecule has 0 bridgehead atoms. The Morgan fingerprint density at radius 1 is 1.22 bits per heavy atom. The van der Waals surface area contributed by atoms with Crippen LogP contribution in [0.4, 0.5) is 5.82 Å². The third kappa shape index (κ3) is 4.65. The summed E-state index contributed by atoms with van der Waals surface area (Å²) in [5.41, 5.74) is 2.63. The molecule has 0 spiro atoms. The number of carbonyl (C=O) groups excluding carboxylic acids is 1. The number of hydrogen-bond acceptors (Lipinski definition) is 3. The first-order chi connectivity index (χ1) is 13.1. The highest BCUT2D eigenvalue weighted by Gasteiger charge is 2.12. The van der Waals surface area contributed by atoms with Gasteiger partial charge in [0.25, 0.3) is 0 Å². The lowest BCUT2D eigenvalue weighted by molar-refractivity contribution is -0.111. The SMILES string of the molecule is CCCn1nccc1NC(=O)/C=C/c1c(C)nn(Cc2ccccc2)c1Cl. The molecular weight excluding hydrogens is 362 g/mol. The van der Waals surface area contributed by atoms with E-state index in [-0.39, 0.29) is 5.91 Å². The van der Waals surface area contributed by atoms with Gasteiger partial charge in [0, 0.05) is 24.3 Å². The molecule has 0 unspecified atom stereocenters. The van der Waals surface area contributed by atoms with Gasteiger partial charge in [-0.25, -0.2) is 9.36 Å². The van der Waals surface area contributed by atoms with Crippen LogP contribution in [0.15, 0.2) is 48.7 Å². The van der Waals surface area contributed by atoms with Crippen LogP contribution in [0.2, 0.25) is 5.15 Å². The van der Waals surface area contributed by atoms with Crippen molar-refractivity contribution in [1.82, 2.24) is 19.6 Å². The predicted molar refractivity (Wildman–Crippen MR) is 108 cm³/mol. The van der Waals surface area contributed by atoms with Gasteiger partial charge in [-0.3, -0.25) is 4.79 Å². The van der Waals surface area contributed by atoms with Gasteiger partial charge in [0.15, 0.2) is 0 Å². The smallest absolute Gasteiger partial charge is 0.249 e. The number of nitrogens with zero attached hydrogens (tertiary/aromatic N) is 4. The van der Waals surface area contributed by atoms with E-state index in [0.717, 1.165) is 29.8 Å². The number of anilines is 1. The molecule has 27 heavy (non-hydrogen) atoms. The third-order valence-electron chi connectivity index (χ3n) is 4.09. The molecule has 0 fully saturated rings. The third-order valence-corrected chi connectivity index (χ3v) is 4.49. The molecule has 1 N–H and O–H groups in total. The summed E-state index contributed by atoms with van der Waals surface area (Å²) in [5, 5.41) is 12.0. The van der Waals surface area contributed by atoms with Gasteiger partial charge in [0.2, 0.25) is 5.91 Å². The minimum atomic E-state index is -0.237. The molecule has 6 nitrogen and oxygen atoms in total. The van der Waals surface area contributed by atoms with Gasteiger partial charge in [-0.2, -0.15) is 10.2 Å². The van der Waals surface area contributed by atoms with Gasteiger partial charge in [-0.1, -0.05) is 48.9 Å². The summed E-state index contributed by atoms with van der Waals surface area (Å²) in [6.07, 6.45) is 5.77. The van der Waals surface area contributed by atoms with E-state index in [2.05, 4.69) is 22.4 Å². The highest BCUT2D eigenvalue weighted by molar-refractivity contribution is 6.31. The van der Waals surface area contributed by atoms with Crippen LogP contribution in [0.5, 0.6) is 0 Å². The zero-order chi connectivity index (χ0) is 19.2. The predicted octanol–water partition coefficient (Wildman–Crippen LogP) is 4.15. The van der Waals surface area contributed by atoms with E-state index in [9.17, 15) is 4.79 Å². The first kappa shape index (κ1) is 18.9. The standard InChI is InChI=1S/C20H22ClN5O/c1-3-13-25-18(11-12-22-25)23-19(27)10-9-17-15(2)24-26(20(17)21)14-16-7-5-4-6-8-16/h4-12H,3,13-14H2,1-2H3,(H,23,27)/b10-9+. The largest absolute Gasteiger partial charge is 0.307 e. The van der Waals surface area contributed by atoms with E-state index >= 15 is 0 Å². The van der Waals surface area contributed by atoms with Gasteiger partial charge >= 0.3 is 0 Å². The molecule has 3 rings (SSSR count). The molecule has 0 aliphatic heterocycles. The Labute approximate surface area is 163 Å². The van der Waals surface area contributed by atoms with Crippen molar-refractivity contribution in [2.45, 2.75) is 33.4 Å². The maximum absolute atomic E-state index is 12.3. The Morgan fingerprint density at radius 2 is 2.00 bits per heavy atom. The molecule has 0 radical (unpaired) electrons.